The van der Waals surface area contributed by atoms with Gasteiger partial charge in [-0.1, -0.05) is 22.0 Å². The summed E-state index contributed by atoms with van der Waals surface area (Å²) in [7, 11) is 0. The highest BCUT2D eigenvalue weighted by molar-refractivity contribution is 9.10. The van der Waals surface area contributed by atoms with Gasteiger partial charge >= 0.3 is 6.09 Å². The molecule has 0 bridgehead atoms. The molecule has 0 atom stereocenters. The van der Waals surface area contributed by atoms with Crippen LogP contribution in [0.25, 0.3) is 0 Å². The van der Waals surface area contributed by atoms with Gasteiger partial charge in [-0.25, -0.2) is 4.79 Å². The minimum atomic E-state index is -0.433. The van der Waals surface area contributed by atoms with E-state index in [0.717, 1.165) is 23.5 Å². The second-order valence-electron chi connectivity index (χ2n) is 7.43. The van der Waals surface area contributed by atoms with Gasteiger partial charge in [-0.15, -0.1) is 0 Å². The van der Waals surface area contributed by atoms with Crippen molar-refractivity contribution in [3.8, 4) is 0 Å². The first-order valence-electron chi connectivity index (χ1n) is 8.36. The Balaban J connectivity index is 1.65. The zero-order valence-electron chi connectivity index (χ0n) is 14.1. The Labute approximate surface area is 146 Å². The van der Waals surface area contributed by atoms with E-state index < -0.39 is 5.60 Å². The average Bonchev–Trinajstić information content (AvgIpc) is 3.30. The molecule has 0 radical (unpaired) electrons. The van der Waals surface area contributed by atoms with Crippen LogP contribution in [0.5, 0.6) is 0 Å². The van der Waals surface area contributed by atoms with Crippen molar-refractivity contribution in [3.63, 3.8) is 0 Å². The number of halogens is 1. The van der Waals surface area contributed by atoms with Crippen molar-refractivity contribution in [3.05, 3.63) is 28.2 Å². The van der Waals surface area contributed by atoms with Gasteiger partial charge in [0.2, 0.25) is 0 Å². The third kappa shape index (κ3) is 4.19. The molecule has 5 heteroatoms. The highest BCUT2D eigenvalue weighted by atomic mass is 79.9. The van der Waals surface area contributed by atoms with E-state index in [-0.39, 0.29) is 6.09 Å². The Morgan fingerprint density at radius 1 is 1.17 bits per heavy atom. The lowest BCUT2D eigenvalue weighted by Gasteiger charge is -2.37. The Bertz CT molecular complexity index is 585. The average molecular weight is 381 g/mol. The van der Waals surface area contributed by atoms with Gasteiger partial charge in [-0.3, -0.25) is 0 Å². The van der Waals surface area contributed by atoms with Crippen LogP contribution >= 0.6 is 15.9 Å². The van der Waals surface area contributed by atoms with Crippen molar-refractivity contribution in [2.24, 2.45) is 0 Å². The van der Waals surface area contributed by atoms with Crippen LogP contribution in [0, 0.1) is 0 Å². The third-order valence-corrected chi connectivity index (χ3v) is 4.77. The van der Waals surface area contributed by atoms with Crippen molar-refractivity contribution >= 4 is 27.7 Å². The van der Waals surface area contributed by atoms with E-state index in [9.17, 15) is 4.79 Å². The molecule has 0 aromatic heterocycles. The van der Waals surface area contributed by atoms with Gasteiger partial charge in [0.1, 0.15) is 5.60 Å². The number of carbonyl (C=O) groups excluding carboxylic acids is 1. The number of piperazine rings is 1. The Morgan fingerprint density at radius 2 is 1.83 bits per heavy atom. The van der Waals surface area contributed by atoms with Crippen molar-refractivity contribution < 1.29 is 9.53 Å². The quantitative estimate of drug-likeness (QED) is 0.762. The molecule has 126 valence electrons. The van der Waals surface area contributed by atoms with Crippen LogP contribution in [0.2, 0.25) is 0 Å². The molecule has 0 unspecified atom stereocenters. The Morgan fingerprint density at radius 3 is 2.39 bits per heavy atom. The van der Waals surface area contributed by atoms with Crippen LogP contribution in [-0.2, 0) is 4.74 Å². The highest BCUT2D eigenvalue weighted by Gasteiger charge is 2.30. The molecule has 1 aromatic carbocycles. The Kier molecular flexibility index (Phi) is 4.59. The molecule has 1 heterocycles. The van der Waals surface area contributed by atoms with Gasteiger partial charge in [0.15, 0.2) is 0 Å². The lowest BCUT2D eigenvalue weighted by Crippen LogP contribution is -2.50. The van der Waals surface area contributed by atoms with Crippen molar-refractivity contribution in [2.45, 2.75) is 45.1 Å². The summed E-state index contributed by atoms with van der Waals surface area (Å²) in [5.41, 5.74) is 2.35. The minimum absolute atomic E-state index is 0.200. The molecule has 23 heavy (non-hydrogen) atoms. The standard InChI is InChI=1S/C18H25BrN2O2/c1-18(2,3)23-17(22)21-10-8-20(9-11-21)16-12-14(19)6-7-15(16)13-4-5-13/h6-7,12-13H,4-5,8-11H2,1-3H3. The van der Waals surface area contributed by atoms with E-state index in [1.165, 1.54) is 24.1 Å². The molecule has 0 N–H and O–H groups in total. The van der Waals surface area contributed by atoms with E-state index in [4.69, 9.17) is 4.74 Å². The maximum atomic E-state index is 12.2. The smallest absolute Gasteiger partial charge is 0.410 e. The van der Waals surface area contributed by atoms with Crippen molar-refractivity contribution in [1.82, 2.24) is 4.90 Å². The molecular weight excluding hydrogens is 356 g/mol. The van der Waals surface area contributed by atoms with Gasteiger partial charge in [-0.2, -0.15) is 0 Å². The molecule has 1 aromatic rings. The first-order chi connectivity index (χ1) is 10.8. The number of anilines is 1. The number of ether oxygens (including phenoxy) is 1. The lowest BCUT2D eigenvalue weighted by molar-refractivity contribution is 0.0240. The summed E-state index contributed by atoms with van der Waals surface area (Å²) in [5.74, 6) is 0.724. The zero-order valence-corrected chi connectivity index (χ0v) is 15.7. The van der Waals surface area contributed by atoms with E-state index >= 15 is 0 Å². The summed E-state index contributed by atoms with van der Waals surface area (Å²) in [6, 6.07) is 6.60. The number of hydrogen-bond donors (Lipinski definition) is 0. The topological polar surface area (TPSA) is 32.8 Å². The van der Waals surface area contributed by atoms with E-state index in [1.807, 2.05) is 25.7 Å². The second kappa shape index (κ2) is 6.34. The molecule has 0 spiro atoms. The summed E-state index contributed by atoms with van der Waals surface area (Å²) in [6.07, 6.45) is 2.40. The molecule has 1 saturated heterocycles. The molecule has 4 nitrogen and oxygen atoms in total. The fourth-order valence-electron chi connectivity index (χ4n) is 2.99. The monoisotopic (exact) mass is 380 g/mol. The third-order valence-electron chi connectivity index (χ3n) is 4.28. The summed E-state index contributed by atoms with van der Waals surface area (Å²) in [6.45, 7) is 8.86. The summed E-state index contributed by atoms with van der Waals surface area (Å²) in [5, 5.41) is 0. The molecule has 1 aliphatic carbocycles. The highest BCUT2D eigenvalue weighted by Crippen LogP contribution is 2.45. The molecule has 2 fully saturated rings. The zero-order chi connectivity index (χ0) is 16.6. The second-order valence-corrected chi connectivity index (χ2v) is 8.35. The number of amides is 1. The molecule has 3 rings (SSSR count). The van der Waals surface area contributed by atoms with Crippen LogP contribution in [0.4, 0.5) is 10.5 Å². The number of carbonyl (C=O) groups is 1. The van der Waals surface area contributed by atoms with Crippen molar-refractivity contribution in [1.29, 1.82) is 0 Å². The maximum Gasteiger partial charge on any atom is 0.410 e. The van der Waals surface area contributed by atoms with Gasteiger partial charge < -0.3 is 14.5 Å². The van der Waals surface area contributed by atoms with Crippen LogP contribution < -0.4 is 4.90 Å². The summed E-state index contributed by atoms with van der Waals surface area (Å²) < 4.78 is 6.59. The minimum Gasteiger partial charge on any atom is -0.444 e. The predicted molar refractivity (Wildman–Crippen MR) is 96.1 cm³/mol. The largest absolute Gasteiger partial charge is 0.444 e. The molecule has 2 aliphatic rings. The van der Waals surface area contributed by atoms with E-state index in [0.29, 0.717) is 13.1 Å². The van der Waals surface area contributed by atoms with Crippen LogP contribution in [-0.4, -0.2) is 42.8 Å². The SMILES string of the molecule is CC(C)(C)OC(=O)N1CCN(c2cc(Br)ccc2C2CC2)CC1. The van der Waals surface area contributed by atoms with E-state index in [2.05, 4.69) is 39.0 Å². The van der Waals surface area contributed by atoms with Crippen LogP contribution in [0.1, 0.15) is 45.1 Å². The number of benzene rings is 1. The predicted octanol–water partition coefficient (Wildman–Crippen LogP) is 4.38. The van der Waals surface area contributed by atoms with Gasteiger partial charge in [0, 0.05) is 36.3 Å². The number of hydrogen-bond acceptors (Lipinski definition) is 3. The normalized spacial score (nSPS) is 19.0. The first kappa shape index (κ1) is 16.6. The van der Waals surface area contributed by atoms with Gasteiger partial charge in [0.05, 0.1) is 0 Å². The molecular formula is C18H25BrN2O2. The van der Waals surface area contributed by atoms with Gasteiger partial charge in [-0.05, 0) is 57.2 Å². The first-order valence-corrected chi connectivity index (χ1v) is 9.15. The molecule has 1 amide bonds. The van der Waals surface area contributed by atoms with Gasteiger partial charge in [0.25, 0.3) is 0 Å². The summed E-state index contributed by atoms with van der Waals surface area (Å²) in [4.78, 5) is 16.4. The fraction of sp³-hybridized carbons (Fsp3) is 0.611. The molecule has 1 aliphatic heterocycles. The summed E-state index contributed by atoms with van der Waals surface area (Å²) >= 11 is 3.59. The Hall–Kier alpha value is -1.23. The fourth-order valence-corrected chi connectivity index (χ4v) is 3.34. The van der Waals surface area contributed by atoms with Crippen molar-refractivity contribution in [2.75, 3.05) is 31.1 Å². The van der Waals surface area contributed by atoms with Crippen LogP contribution in [0.15, 0.2) is 22.7 Å². The lowest BCUT2D eigenvalue weighted by atomic mass is 10.1. The van der Waals surface area contributed by atoms with Crippen LogP contribution in [0.3, 0.4) is 0 Å². The maximum absolute atomic E-state index is 12.2. The number of rotatable bonds is 2. The number of nitrogens with zero attached hydrogens (tertiary/aromatic N) is 2. The van der Waals surface area contributed by atoms with E-state index in [1.54, 1.807) is 0 Å². The molecule has 1 saturated carbocycles.